The second kappa shape index (κ2) is 5.94. The fraction of sp³-hybridized carbons (Fsp3) is 0.467. The van der Waals surface area contributed by atoms with Crippen LogP contribution in [0.2, 0.25) is 0 Å². The van der Waals surface area contributed by atoms with E-state index >= 15 is 0 Å². The molecular formula is C15H19NO4. The zero-order valence-electron chi connectivity index (χ0n) is 11.5. The van der Waals surface area contributed by atoms with Crippen molar-refractivity contribution in [1.82, 2.24) is 5.32 Å². The Morgan fingerprint density at radius 1 is 1.35 bits per heavy atom. The lowest BCUT2D eigenvalue weighted by Gasteiger charge is -2.39. The molecular weight excluding hydrogens is 258 g/mol. The molecule has 1 aliphatic rings. The Kier molecular flexibility index (Phi) is 4.27. The molecule has 0 spiro atoms. The Morgan fingerprint density at radius 2 is 2.00 bits per heavy atom. The summed E-state index contributed by atoms with van der Waals surface area (Å²) in [6, 6.07) is 9.27. The lowest BCUT2D eigenvalue weighted by molar-refractivity contribution is -0.147. The monoisotopic (exact) mass is 277 g/mol. The van der Waals surface area contributed by atoms with Crippen molar-refractivity contribution in [3.63, 3.8) is 0 Å². The number of carbonyl (C=O) groups excluding carboxylic acids is 1. The Hall–Kier alpha value is -2.04. The lowest BCUT2D eigenvalue weighted by atomic mass is 9.71. The predicted octanol–water partition coefficient (Wildman–Crippen LogP) is 2.56. The number of aliphatic carboxylic acids is 1. The second-order valence-electron chi connectivity index (χ2n) is 5.32. The van der Waals surface area contributed by atoms with Crippen molar-refractivity contribution in [3.05, 3.63) is 35.9 Å². The van der Waals surface area contributed by atoms with E-state index in [2.05, 4.69) is 5.32 Å². The molecule has 1 saturated carbocycles. The number of hydrogen-bond donors (Lipinski definition) is 2. The largest absolute Gasteiger partial charge is 0.480 e. The molecule has 2 rings (SSSR count). The third-order valence-electron chi connectivity index (χ3n) is 3.94. The number of carboxylic acid groups (broad SMARTS) is 1. The maximum Gasteiger partial charge on any atom is 0.408 e. The molecule has 0 aromatic heterocycles. The normalized spacial score (nSPS) is 17.6. The molecule has 108 valence electrons. The van der Waals surface area contributed by atoms with E-state index in [4.69, 9.17) is 4.74 Å². The maximum absolute atomic E-state index is 11.8. The molecule has 0 bridgehead atoms. The van der Waals surface area contributed by atoms with Crippen molar-refractivity contribution in [2.45, 2.75) is 38.3 Å². The van der Waals surface area contributed by atoms with E-state index in [0.717, 1.165) is 24.8 Å². The van der Waals surface area contributed by atoms with Crippen LogP contribution in [0.3, 0.4) is 0 Å². The van der Waals surface area contributed by atoms with Crippen molar-refractivity contribution in [1.29, 1.82) is 0 Å². The van der Waals surface area contributed by atoms with Gasteiger partial charge in [-0.3, -0.25) is 0 Å². The van der Waals surface area contributed by atoms with Crippen molar-refractivity contribution < 1.29 is 19.4 Å². The molecule has 2 N–H and O–H groups in total. The second-order valence-corrected chi connectivity index (χ2v) is 5.32. The first-order chi connectivity index (χ1) is 9.52. The first-order valence-corrected chi connectivity index (χ1v) is 6.74. The Labute approximate surface area is 117 Å². The molecule has 0 aliphatic heterocycles. The first kappa shape index (κ1) is 14.4. The van der Waals surface area contributed by atoms with Crippen LogP contribution in [-0.4, -0.2) is 22.7 Å². The molecule has 20 heavy (non-hydrogen) atoms. The highest BCUT2D eigenvalue weighted by molar-refractivity contribution is 5.84. The number of ether oxygens (including phenoxy) is 1. The Balaban J connectivity index is 1.90. The summed E-state index contributed by atoms with van der Waals surface area (Å²) < 4.78 is 5.08. The highest BCUT2D eigenvalue weighted by Crippen LogP contribution is 2.36. The standard InChI is InChI=1S/C15H19NO4/c1-15(13(17)18,12-8-5-9-12)16-14(19)20-10-11-6-3-2-4-7-11/h2-4,6-7,12H,5,8-10H2,1H3,(H,16,19)(H,17,18). The molecule has 0 saturated heterocycles. The Bertz CT molecular complexity index is 484. The van der Waals surface area contributed by atoms with Crippen LogP contribution >= 0.6 is 0 Å². The number of alkyl carbamates (subject to hydrolysis) is 1. The molecule has 1 aromatic rings. The summed E-state index contributed by atoms with van der Waals surface area (Å²) in [5, 5.41) is 11.8. The van der Waals surface area contributed by atoms with Crippen LogP contribution < -0.4 is 5.32 Å². The molecule has 0 heterocycles. The zero-order valence-corrected chi connectivity index (χ0v) is 11.5. The number of amides is 1. The Morgan fingerprint density at radius 3 is 2.50 bits per heavy atom. The summed E-state index contributed by atoms with van der Waals surface area (Å²) in [6.07, 6.45) is 1.96. The molecule has 1 atom stereocenters. The van der Waals surface area contributed by atoms with Crippen LogP contribution in [0.25, 0.3) is 0 Å². The minimum absolute atomic E-state index is 0.0238. The van der Waals surface area contributed by atoms with Crippen molar-refractivity contribution in [2.24, 2.45) is 5.92 Å². The minimum Gasteiger partial charge on any atom is -0.480 e. The molecule has 5 nitrogen and oxygen atoms in total. The average Bonchev–Trinajstić information content (AvgIpc) is 2.35. The van der Waals surface area contributed by atoms with Crippen LogP contribution in [0.1, 0.15) is 31.7 Å². The summed E-state index contributed by atoms with van der Waals surface area (Å²) >= 11 is 0. The van der Waals surface area contributed by atoms with Gasteiger partial charge in [-0.2, -0.15) is 0 Å². The number of benzene rings is 1. The molecule has 0 radical (unpaired) electrons. The SMILES string of the molecule is CC(NC(=O)OCc1ccccc1)(C(=O)O)C1CCC1. The molecule has 1 aromatic carbocycles. The van der Waals surface area contributed by atoms with Gasteiger partial charge in [0.15, 0.2) is 0 Å². The van der Waals surface area contributed by atoms with Gasteiger partial charge in [-0.05, 0) is 31.2 Å². The summed E-state index contributed by atoms with van der Waals surface area (Å²) in [6.45, 7) is 1.68. The topological polar surface area (TPSA) is 75.6 Å². The summed E-state index contributed by atoms with van der Waals surface area (Å²) in [5.74, 6) is -1.04. The third-order valence-corrected chi connectivity index (χ3v) is 3.94. The molecule has 5 heteroatoms. The van der Waals surface area contributed by atoms with Crippen molar-refractivity contribution in [2.75, 3.05) is 0 Å². The van der Waals surface area contributed by atoms with Gasteiger partial charge in [0, 0.05) is 0 Å². The van der Waals surface area contributed by atoms with Crippen LogP contribution in [-0.2, 0) is 16.1 Å². The van der Waals surface area contributed by atoms with Gasteiger partial charge in [0.05, 0.1) is 0 Å². The average molecular weight is 277 g/mol. The van der Waals surface area contributed by atoms with Gasteiger partial charge in [-0.15, -0.1) is 0 Å². The number of carboxylic acids is 1. The van der Waals surface area contributed by atoms with E-state index in [9.17, 15) is 14.7 Å². The quantitative estimate of drug-likeness (QED) is 0.867. The zero-order chi connectivity index (χ0) is 14.6. The van der Waals surface area contributed by atoms with Crippen molar-refractivity contribution >= 4 is 12.1 Å². The molecule has 1 fully saturated rings. The van der Waals surface area contributed by atoms with E-state index in [1.54, 1.807) is 6.92 Å². The fourth-order valence-electron chi connectivity index (χ4n) is 2.29. The number of carbonyl (C=O) groups is 2. The summed E-state index contributed by atoms with van der Waals surface area (Å²) in [4.78, 5) is 23.2. The molecule has 1 aliphatic carbocycles. The van der Waals surface area contributed by atoms with Crippen LogP contribution in [0.4, 0.5) is 4.79 Å². The predicted molar refractivity (Wildman–Crippen MR) is 73.1 cm³/mol. The highest BCUT2D eigenvalue weighted by atomic mass is 16.5. The van der Waals surface area contributed by atoms with Gasteiger partial charge >= 0.3 is 12.1 Å². The number of hydrogen-bond acceptors (Lipinski definition) is 3. The van der Waals surface area contributed by atoms with Crippen LogP contribution in [0.15, 0.2) is 30.3 Å². The van der Waals surface area contributed by atoms with Gasteiger partial charge in [0.2, 0.25) is 0 Å². The van der Waals surface area contributed by atoms with Crippen LogP contribution in [0, 0.1) is 5.92 Å². The minimum atomic E-state index is -1.24. The van der Waals surface area contributed by atoms with E-state index < -0.39 is 17.6 Å². The van der Waals surface area contributed by atoms with Crippen molar-refractivity contribution in [3.8, 4) is 0 Å². The van der Waals surface area contributed by atoms with Crippen LogP contribution in [0.5, 0.6) is 0 Å². The molecule has 1 amide bonds. The van der Waals surface area contributed by atoms with Gasteiger partial charge in [-0.25, -0.2) is 9.59 Å². The summed E-state index contributed by atoms with van der Waals surface area (Å²) in [7, 11) is 0. The smallest absolute Gasteiger partial charge is 0.408 e. The van der Waals surface area contributed by atoms with Gasteiger partial charge in [0.1, 0.15) is 12.1 Å². The summed E-state index contributed by atoms with van der Waals surface area (Å²) in [5.41, 5.74) is -0.380. The van der Waals surface area contributed by atoms with Gasteiger partial charge in [-0.1, -0.05) is 36.8 Å². The molecule has 1 unspecified atom stereocenters. The maximum atomic E-state index is 11.8. The fourth-order valence-corrected chi connectivity index (χ4v) is 2.29. The van der Waals surface area contributed by atoms with Gasteiger partial charge in [0.25, 0.3) is 0 Å². The van der Waals surface area contributed by atoms with Gasteiger partial charge < -0.3 is 15.2 Å². The van der Waals surface area contributed by atoms with E-state index in [1.807, 2.05) is 30.3 Å². The third kappa shape index (κ3) is 3.10. The van der Waals surface area contributed by atoms with E-state index in [1.165, 1.54) is 0 Å². The van der Waals surface area contributed by atoms with E-state index in [-0.39, 0.29) is 12.5 Å². The highest BCUT2D eigenvalue weighted by Gasteiger charge is 2.45. The number of nitrogens with one attached hydrogen (secondary N) is 1. The lowest BCUT2D eigenvalue weighted by Crippen LogP contribution is -2.59. The van der Waals surface area contributed by atoms with E-state index in [0.29, 0.717) is 0 Å². The number of rotatable bonds is 5. The first-order valence-electron chi connectivity index (χ1n) is 6.74.